The van der Waals surface area contributed by atoms with Gasteiger partial charge in [0.25, 0.3) is 5.78 Å². The summed E-state index contributed by atoms with van der Waals surface area (Å²) in [6, 6.07) is 12.6. The van der Waals surface area contributed by atoms with E-state index in [4.69, 9.17) is 4.74 Å². The predicted molar refractivity (Wildman–Crippen MR) is 116 cm³/mol. The molecule has 2 aromatic carbocycles. The molecule has 3 aromatic rings. The Hall–Kier alpha value is -3.85. The molecule has 2 heterocycles. The summed E-state index contributed by atoms with van der Waals surface area (Å²) < 4.78 is 19.6. The number of aliphatic hydroxyl groups is 1. The van der Waals surface area contributed by atoms with E-state index in [-0.39, 0.29) is 21.1 Å². The van der Waals surface area contributed by atoms with Crippen molar-refractivity contribution in [1.29, 1.82) is 0 Å². The Bertz CT molecular complexity index is 1270. The standard InChI is InChI=1S/C23H17FN2O5S/c1-12-20(22(30)31-2)32-23(25-12)26-17(14-10-6-7-11-15(14)24)16(19(28)21(26)29)18(27)13-8-4-3-5-9-13/h3-11,17,27H,1-2H3/t17-/m0/s1. The summed E-state index contributed by atoms with van der Waals surface area (Å²) in [5.41, 5.74) is 0.349. The molecule has 0 spiro atoms. The molecule has 1 fully saturated rings. The molecule has 32 heavy (non-hydrogen) atoms. The lowest BCUT2D eigenvalue weighted by Crippen LogP contribution is -2.29. The largest absolute Gasteiger partial charge is 0.507 e. The minimum Gasteiger partial charge on any atom is -0.507 e. The van der Waals surface area contributed by atoms with Crippen LogP contribution >= 0.6 is 11.3 Å². The van der Waals surface area contributed by atoms with Gasteiger partial charge in [-0.2, -0.15) is 0 Å². The van der Waals surface area contributed by atoms with Crippen LogP contribution in [0.25, 0.3) is 5.76 Å². The lowest BCUT2D eigenvalue weighted by Gasteiger charge is -2.23. The molecule has 4 rings (SSSR count). The Kier molecular flexibility index (Phi) is 5.58. The molecular formula is C23H17FN2O5S. The number of benzene rings is 2. The van der Waals surface area contributed by atoms with Crippen molar-refractivity contribution in [3.8, 4) is 0 Å². The van der Waals surface area contributed by atoms with Crippen molar-refractivity contribution in [3.05, 3.63) is 87.7 Å². The Morgan fingerprint density at radius 2 is 1.78 bits per heavy atom. The molecule has 7 nitrogen and oxygen atoms in total. The highest BCUT2D eigenvalue weighted by atomic mass is 32.1. The average molecular weight is 452 g/mol. The number of hydrogen-bond acceptors (Lipinski definition) is 7. The number of rotatable bonds is 4. The maximum atomic E-state index is 14.8. The van der Waals surface area contributed by atoms with E-state index in [0.717, 1.165) is 16.2 Å². The van der Waals surface area contributed by atoms with Crippen molar-refractivity contribution in [2.24, 2.45) is 0 Å². The van der Waals surface area contributed by atoms with E-state index in [1.165, 1.54) is 25.3 Å². The van der Waals surface area contributed by atoms with Gasteiger partial charge in [0.05, 0.1) is 18.4 Å². The number of aromatic nitrogens is 1. The van der Waals surface area contributed by atoms with E-state index in [0.29, 0.717) is 11.3 Å². The third kappa shape index (κ3) is 3.46. The van der Waals surface area contributed by atoms with Gasteiger partial charge in [0.1, 0.15) is 22.5 Å². The molecule has 0 radical (unpaired) electrons. The van der Waals surface area contributed by atoms with Gasteiger partial charge >= 0.3 is 11.9 Å². The van der Waals surface area contributed by atoms with Crippen molar-refractivity contribution >= 4 is 39.9 Å². The minimum atomic E-state index is -1.27. The van der Waals surface area contributed by atoms with Crippen LogP contribution in [0.4, 0.5) is 9.52 Å². The second-order valence-corrected chi connectivity index (χ2v) is 7.94. The van der Waals surface area contributed by atoms with Crippen molar-refractivity contribution in [3.63, 3.8) is 0 Å². The lowest BCUT2D eigenvalue weighted by atomic mass is 9.95. The number of thiazole rings is 1. The van der Waals surface area contributed by atoms with Crippen molar-refractivity contribution in [2.75, 3.05) is 12.0 Å². The number of carbonyl (C=O) groups is 3. The van der Waals surface area contributed by atoms with Crippen LogP contribution in [0.2, 0.25) is 0 Å². The molecule has 0 aliphatic carbocycles. The van der Waals surface area contributed by atoms with Crippen LogP contribution in [-0.4, -0.2) is 34.9 Å². The Morgan fingerprint density at radius 3 is 2.44 bits per heavy atom. The number of Topliss-reactive ketones (excluding diaryl/α,β-unsaturated/α-hetero) is 1. The summed E-state index contributed by atoms with van der Waals surface area (Å²) in [5, 5.41) is 11.0. The topological polar surface area (TPSA) is 96.8 Å². The zero-order chi connectivity index (χ0) is 23.0. The maximum Gasteiger partial charge on any atom is 0.350 e. The molecule has 162 valence electrons. The maximum absolute atomic E-state index is 14.8. The summed E-state index contributed by atoms with van der Waals surface area (Å²) in [5.74, 6) is -3.70. The van der Waals surface area contributed by atoms with Gasteiger partial charge in [-0.1, -0.05) is 59.9 Å². The molecule has 1 atom stereocenters. The fourth-order valence-corrected chi connectivity index (χ4v) is 4.55. The molecule has 1 N–H and O–H groups in total. The van der Waals surface area contributed by atoms with E-state index in [2.05, 4.69) is 4.98 Å². The van der Waals surface area contributed by atoms with Gasteiger partial charge in [0, 0.05) is 11.1 Å². The van der Waals surface area contributed by atoms with Gasteiger partial charge < -0.3 is 9.84 Å². The number of hydrogen-bond donors (Lipinski definition) is 1. The number of esters is 1. The van der Waals surface area contributed by atoms with E-state index in [1.807, 2.05) is 0 Å². The summed E-state index contributed by atoms with van der Waals surface area (Å²) in [6.45, 7) is 1.56. The first kappa shape index (κ1) is 21.4. The fraction of sp³-hybridized carbons (Fsp3) is 0.130. The number of ketones is 1. The number of aliphatic hydroxyl groups excluding tert-OH is 1. The number of halogens is 1. The summed E-state index contributed by atoms with van der Waals surface area (Å²) in [4.78, 5) is 43.6. The Morgan fingerprint density at radius 1 is 1.12 bits per heavy atom. The molecule has 0 bridgehead atoms. The number of ether oxygens (including phenoxy) is 1. The molecule has 1 aliphatic heterocycles. The third-order valence-corrected chi connectivity index (χ3v) is 6.19. The molecule has 1 aromatic heterocycles. The van der Waals surface area contributed by atoms with E-state index in [9.17, 15) is 23.9 Å². The molecular weight excluding hydrogens is 435 g/mol. The van der Waals surface area contributed by atoms with Gasteiger partial charge in [0.15, 0.2) is 5.13 Å². The summed E-state index contributed by atoms with van der Waals surface area (Å²) in [7, 11) is 1.21. The summed E-state index contributed by atoms with van der Waals surface area (Å²) in [6.07, 6.45) is 0. The SMILES string of the molecule is COC(=O)c1sc(N2C(=O)C(=O)C(=C(O)c3ccccc3)[C@@H]2c2ccccc2F)nc1C. The van der Waals surface area contributed by atoms with E-state index >= 15 is 0 Å². The average Bonchev–Trinajstić information content (AvgIpc) is 3.30. The number of aryl methyl sites for hydroxylation is 1. The number of nitrogens with zero attached hydrogens (tertiary/aromatic N) is 2. The molecule has 1 saturated heterocycles. The summed E-state index contributed by atoms with van der Waals surface area (Å²) >= 11 is 0.850. The second kappa shape index (κ2) is 8.35. The van der Waals surface area contributed by atoms with Crippen LogP contribution in [0.5, 0.6) is 0 Å². The highest BCUT2D eigenvalue weighted by Gasteiger charge is 2.49. The van der Waals surface area contributed by atoms with Gasteiger partial charge in [-0.3, -0.25) is 14.5 Å². The van der Waals surface area contributed by atoms with Crippen LogP contribution in [0.3, 0.4) is 0 Å². The quantitative estimate of drug-likeness (QED) is 0.278. The van der Waals surface area contributed by atoms with Crippen LogP contribution in [0.15, 0.2) is 60.2 Å². The molecule has 0 unspecified atom stereocenters. The van der Waals surface area contributed by atoms with Crippen LogP contribution < -0.4 is 4.90 Å². The number of amides is 1. The first-order chi connectivity index (χ1) is 15.3. The number of carbonyl (C=O) groups excluding carboxylic acids is 3. The monoisotopic (exact) mass is 452 g/mol. The lowest BCUT2D eigenvalue weighted by molar-refractivity contribution is -0.132. The highest BCUT2D eigenvalue weighted by Crippen LogP contribution is 2.44. The molecule has 1 amide bonds. The second-order valence-electron chi connectivity index (χ2n) is 6.96. The van der Waals surface area contributed by atoms with Crippen molar-refractivity contribution in [1.82, 2.24) is 4.98 Å². The van der Waals surface area contributed by atoms with Gasteiger partial charge in [0.2, 0.25) is 0 Å². The first-order valence-electron chi connectivity index (χ1n) is 9.51. The fourth-order valence-electron chi connectivity index (χ4n) is 3.54. The normalized spacial score (nSPS) is 17.6. The van der Waals surface area contributed by atoms with Gasteiger partial charge in [-0.05, 0) is 13.0 Å². The zero-order valence-electron chi connectivity index (χ0n) is 17.0. The van der Waals surface area contributed by atoms with Gasteiger partial charge in [-0.15, -0.1) is 0 Å². The van der Waals surface area contributed by atoms with E-state index in [1.54, 1.807) is 43.3 Å². The first-order valence-corrected chi connectivity index (χ1v) is 10.3. The molecule has 0 saturated carbocycles. The van der Waals surface area contributed by atoms with Crippen molar-refractivity contribution < 1.29 is 28.6 Å². The molecule has 9 heteroatoms. The van der Waals surface area contributed by atoms with Crippen molar-refractivity contribution in [2.45, 2.75) is 13.0 Å². The minimum absolute atomic E-state index is 0.0108. The van der Waals surface area contributed by atoms with Crippen LogP contribution in [0, 0.1) is 12.7 Å². The Balaban J connectivity index is 1.96. The zero-order valence-corrected chi connectivity index (χ0v) is 17.9. The highest BCUT2D eigenvalue weighted by molar-refractivity contribution is 7.17. The predicted octanol–water partition coefficient (Wildman–Crippen LogP) is 4.00. The smallest absolute Gasteiger partial charge is 0.350 e. The number of anilines is 1. The third-order valence-electron chi connectivity index (χ3n) is 5.05. The Labute approximate surface area is 186 Å². The van der Waals surface area contributed by atoms with Crippen LogP contribution in [-0.2, 0) is 14.3 Å². The van der Waals surface area contributed by atoms with Crippen LogP contribution in [0.1, 0.15) is 32.5 Å². The van der Waals surface area contributed by atoms with Gasteiger partial charge in [-0.25, -0.2) is 14.2 Å². The number of methoxy groups -OCH3 is 1. The van der Waals surface area contributed by atoms with E-state index < -0.39 is 35.3 Å². The molecule has 1 aliphatic rings.